The molecular formula is C34H48FN5O2. The first-order chi connectivity index (χ1) is 20.0. The second-order valence-corrected chi connectivity index (χ2v) is 13.5. The van der Waals surface area contributed by atoms with Crippen LogP contribution in [-0.4, -0.2) is 56.2 Å². The highest BCUT2D eigenvalue weighted by Gasteiger charge is 2.31. The SMILES string of the molecule is CC(C)NC(C)C1CCC(n2c(NC(=O)c3cccc(F)c3)nc3ccc(CN4CCC(C(C)(C)O)CC4)cc32)CC1. The lowest BCUT2D eigenvalue weighted by molar-refractivity contribution is -0.0136. The van der Waals surface area contributed by atoms with Crippen LogP contribution in [0, 0.1) is 17.7 Å². The van der Waals surface area contributed by atoms with Gasteiger partial charge in [0.25, 0.3) is 5.91 Å². The molecule has 7 nitrogen and oxygen atoms in total. The van der Waals surface area contributed by atoms with Crippen LogP contribution in [0.5, 0.6) is 0 Å². The van der Waals surface area contributed by atoms with Crippen molar-refractivity contribution in [3.63, 3.8) is 0 Å². The van der Waals surface area contributed by atoms with Gasteiger partial charge in [0.05, 0.1) is 16.6 Å². The van der Waals surface area contributed by atoms with Crippen LogP contribution < -0.4 is 10.6 Å². The molecule has 1 atom stereocenters. The number of hydrogen-bond acceptors (Lipinski definition) is 5. The van der Waals surface area contributed by atoms with Crippen LogP contribution in [0.25, 0.3) is 11.0 Å². The summed E-state index contributed by atoms with van der Waals surface area (Å²) in [5, 5.41) is 17.2. The minimum atomic E-state index is -0.633. The van der Waals surface area contributed by atoms with Crippen LogP contribution in [-0.2, 0) is 6.54 Å². The molecule has 42 heavy (non-hydrogen) atoms. The molecule has 1 aromatic heterocycles. The number of fused-ring (bicyclic) bond motifs is 1. The first kappa shape index (κ1) is 30.6. The molecule has 228 valence electrons. The van der Waals surface area contributed by atoms with Crippen LogP contribution in [0.1, 0.15) is 95.1 Å². The van der Waals surface area contributed by atoms with Crippen molar-refractivity contribution in [3.8, 4) is 0 Å². The Morgan fingerprint density at radius 1 is 1.05 bits per heavy atom. The molecule has 1 saturated carbocycles. The second kappa shape index (κ2) is 12.8. The Balaban J connectivity index is 1.39. The van der Waals surface area contributed by atoms with E-state index in [1.54, 1.807) is 12.1 Å². The first-order valence-corrected chi connectivity index (χ1v) is 15.8. The van der Waals surface area contributed by atoms with Gasteiger partial charge in [0.15, 0.2) is 0 Å². The average molecular weight is 578 g/mol. The number of anilines is 1. The number of aliphatic hydroxyl groups is 1. The molecule has 2 fully saturated rings. The van der Waals surface area contributed by atoms with E-state index in [1.807, 2.05) is 13.8 Å². The minimum absolute atomic E-state index is 0.220. The van der Waals surface area contributed by atoms with Gasteiger partial charge in [0.2, 0.25) is 5.95 Å². The zero-order chi connectivity index (χ0) is 30.0. The van der Waals surface area contributed by atoms with E-state index in [2.05, 4.69) is 59.1 Å². The summed E-state index contributed by atoms with van der Waals surface area (Å²) >= 11 is 0. The number of hydrogen-bond donors (Lipinski definition) is 3. The van der Waals surface area contributed by atoms with Crippen LogP contribution in [0.4, 0.5) is 10.3 Å². The molecule has 2 aliphatic rings. The van der Waals surface area contributed by atoms with Gasteiger partial charge in [-0.1, -0.05) is 26.0 Å². The summed E-state index contributed by atoms with van der Waals surface area (Å²) in [6.45, 7) is 13.3. The maximum atomic E-state index is 13.9. The molecule has 0 spiro atoms. The Morgan fingerprint density at radius 3 is 2.40 bits per heavy atom. The smallest absolute Gasteiger partial charge is 0.258 e. The van der Waals surface area contributed by atoms with Gasteiger partial charge < -0.3 is 15.0 Å². The van der Waals surface area contributed by atoms with Crippen LogP contribution >= 0.6 is 0 Å². The summed E-state index contributed by atoms with van der Waals surface area (Å²) in [6.07, 6.45) is 6.23. The number of benzene rings is 2. The highest BCUT2D eigenvalue weighted by molar-refractivity contribution is 6.04. The van der Waals surface area contributed by atoms with Crippen LogP contribution in [0.15, 0.2) is 42.5 Å². The van der Waals surface area contributed by atoms with Gasteiger partial charge in [-0.25, -0.2) is 9.37 Å². The Morgan fingerprint density at radius 2 is 1.76 bits per heavy atom. The van der Waals surface area contributed by atoms with Crippen molar-refractivity contribution in [2.75, 3.05) is 18.4 Å². The number of amides is 1. The van der Waals surface area contributed by atoms with Crippen molar-refractivity contribution in [3.05, 3.63) is 59.4 Å². The molecular weight excluding hydrogens is 529 g/mol. The monoisotopic (exact) mass is 577 g/mol. The molecule has 1 aliphatic carbocycles. The molecule has 1 unspecified atom stereocenters. The fourth-order valence-corrected chi connectivity index (χ4v) is 7.08. The van der Waals surface area contributed by atoms with Gasteiger partial charge in [-0.2, -0.15) is 0 Å². The van der Waals surface area contributed by atoms with E-state index in [1.165, 1.54) is 17.7 Å². The Labute approximate surface area is 249 Å². The van der Waals surface area contributed by atoms with Crippen LogP contribution in [0.2, 0.25) is 0 Å². The van der Waals surface area contributed by atoms with Gasteiger partial charge in [-0.15, -0.1) is 0 Å². The molecule has 2 heterocycles. The van der Waals surface area contributed by atoms with E-state index < -0.39 is 11.4 Å². The van der Waals surface area contributed by atoms with E-state index in [-0.39, 0.29) is 17.5 Å². The molecule has 8 heteroatoms. The topological polar surface area (TPSA) is 82.4 Å². The highest BCUT2D eigenvalue weighted by atomic mass is 19.1. The van der Waals surface area contributed by atoms with Crippen molar-refractivity contribution in [2.45, 2.75) is 103 Å². The van der Waals surface area contributed by atoms with Crippen molar-refractivity contribution in [1.82, 2.24) is 19.8 Å². The van der Waals surface area contributed by atoms with Crippen molar-refractivity contribution in [1.29, 1.82) is 0 Å². The fraction of sp³-hybridized carbons (Fsp3) is 0.588. The third-order valence-electron chi connectivity index (χ3n) is 9.47. The molecule has 1 aliphatic heterocycles. The number of imidazole rings is 1. The molecule has 3 N–H and O–H groups in total. The molecule has 0 bridgehead atoms. The predicted molar refractivity (Wildman–Crippen MR) is 167 cm³/mol. The fourth-order valence-electron chi connectivity index (χ4n) is 7.08. The summed E-state index contributed by atoms with van der Waals surface area (Å²) in [4.78, 5) is 20.5. The lowest BCUT2D eigenvalue weighted by Crippen LogP contribution is -2.41. The van der Waals surface area contributed by atoms with Gasteiger partial charge in [0.1, 0.15) is 5.82 Å². The van der Waals surface area contributed by atoms with Crippen LogP contribution in [0.3, 0.4) is 0 Å². The van der Waals surface area contributed by atoms with E-state index in [9.17, 15) is 14.3 Å². The number of aromatic nitrogens is 2. The zero-order valence-electron chi connectivity index (χ0n) is 25.9. The normalized spacial score (nSPS) is 21.6. The van der Waals surface area contributed by atoms with E-state index in [4.69, 9.17) is 4.98 Å². The summed E-state index contributed by atoms with van der Waals surface area (Å²) in [6, 6.07) is 13.3. The molecule has 5 rings (SSSR count). The Kier molecular flexibility index (Phi) is 9.35. The number of likely N-dealkylation sites (tertiary alicyclic amines) is 1. The van der Waals surface area contributed by atoms with Crippen molar-refractivity contribution in [2.24, 2.45) is 11.8 Å². The summed E-state index contributed by atoms with van der Waals surface area (Å²) in [7, 11) is 0. The largest absolute Gasteiger partial charge is 0.390 e. The summed E-state index contributed by atoms with van der Waals surface area (Å²) in [5.41, 5.74) is 2.75. The number of piperidine rings is 1. The number of carbonyl (C=O) groups excluding carboxylic acids is 1. The molecule has 3 aromatic rings. The van der Waals surface area contributed by atoms with Gasteiger partial charge >= 0.3 is 0 Å². The Hall–Kier alpha value is -2.81. The number of halogens is 1. The van der Waals surface area contributed by atoms with Gasteiger partial charge in [-0.3, -0.25) is 15.0 Å². The maximum absolute atomic E-state index is 13.9. The predicted octanol–water partition coefficient (Wildman–Crippen LogP) is 6.53. The summed E-state index contributed by atoms with van der Waals surface area (Å²) < 4.78 is 16.1. The quantitative estimate of drug-likeness (QED) is 0.269. The summed E-state index contributed by atoms with van der Waals surface area (Å²) in [5.74, 6) is 0.681. The van der Waals surface area contributed by atoms with E-state index in [0.717, 1.165) is 69.2 Å². The van der Waals surface area contributed by atoms with E-state index in [0.29, 0.717) is 29.9 Å². The number of nitrogens with zero attached hydrogens (tertiary/aromatic N) is 3. The lowest BCUT2D eigenvalue weighted by Gasteiger charge is -2.37. The number of rotatable bonds is 9. The first-order valence-electron chi connectivity index (χ1n) is 15.8. The highest BCUT2D eigenvalue weighted by Crippen LogP contribution is 2.38. The third-order valence-corrected chi connectivity index (χ3v) is 9.47. The number of carbonyl (C=O) groups is 1. The maximum Gasteiger partial charge on any atom is 0.258 e. The average Bonchev–Trinajstić information content (AvgIpc) is 3.29. The van der Waals surface area contributed by atoms with Gasteiger partial charge in [0, 0.05) is 30.2 Å². The minimum Gasteiger partial charge on any atom is -0.390 e. The van der Waals surface area contributed by atoms with Crippen molar-refractivity contribution >= 4 is 22.9 Å². The zero-order valence-corrected chi connectivity index (χ0v) is 25.9. The third kappa shape index (κ3) is 7.21. The molecule has 1 amide bonds. The van der Waals surface area contributed by atoms with Gasteiger partial charge in [-0.05, 0) is 120 Å². The lowest BCUT2D eigenvalue weighted by atomic mass is 9.81. The standard InChI is InChI=1S/C34H48FN5O2/c1-22(2)36-23(3)25-10-12-29(13-11-25)40-31-19-24(21-39-17-15-27(16-18-39)34(4,5)42)9-14-30(31)37-33(40)38-32(41)26-7-6-8-28(35)20-26/h6-9,14,19-20,22-23,25,27,29,36,42H,10-13,15-18,21H2,1-5H3,(H,37,38,41). The second-order valence-electron chi connectivity index (χ2n) is 13.5. The number of nitrogens with one attached hydrogen (secondary N) is 2. The Bertz CT molecular complexity index is 1360. The van der Waals surface area contributed by atoms with Crippen molar-refractivity contribution < 1.29 is 14.3 Å². The molecule has 1 saturated heterocycles. The molecule has 2 aromatic carbocycles. The van der Waals surface area contributed by atoms with E-state index >= 15 is 0 Å². The molecule has 0 radical (unpaired) electrons.